The zero-order valence-electron chi connectivity index (χ0n) is 14.7. The van der Waals surface area contributed by atoms with E-state index in [0.29, 0.717) is 12.0 Å². The highest BCUT2D eigenvalue weighted by molar-refractivity contribution is 5.79. The van der Waals surface area contributed by atoms with E-state index in [2.05, 4.69) is 49.7 Å². The predicted molar refractivity (Wildman–Crippen MR) is 98.7 cm³/mol. The van der Waals surface area contributed by atoms with Gasteiger partial charge in [-0.3, -0.25) is 14.8 Å². The fourth-order valence-electron chi connectivity index (χ4n) is 4.43. The third-order valence-corrected chi connectivity index (χ3v) is 5.89. The third kappa shape index (κ3) is 3.28. The van der Waals surface area contributed by atoms with Crippen LogP contribution in [0.25, 0.3) is 0 Å². The molecule has 5 heteroatoms. The SMILES string of the molecule is CN=C(NCC1CCc2ccccc21)NCC1CN2CCN1CC2. The maximum absolute atomic E-state index is 4.41. The summed E-state index contributed by atoms with van der Waals surface area (Å²) >= 11 is 0. The molecule has 0 aromatic heterocycles. The second-order valence-corrected chi connectivity index (χ2v) is 7.26. The van der Waals surface area contributed by atoms with E-state index in [9.17, 15) is 0 Å². The fraction of sp³-hybridized carbons (Fsp3) is 0.632. The standard InChI is InChI=1S/C19H29N5/c1-20-19(22-13-17-14-23-8-10-24(17)11-9-23)21-12-16-7-6-15-4-2-3-5-18(15)16/h2-5,16-17H,6-14H2,1H3,(H2,20,21,22). The first-order valence-corrected chi connectivity index (χ1v) is 9.32. The Kier molecular flexibility index (Phi) is 4.72. The lowest BCUT2D eigenvalue weighted by Gasteiger charge is -2.47. The first-order valence-electron chi connectivity index (χ1n) is 9.32. The molecule has 1 aromatic rings. The van der Waals surface area contributed by atoms with Gasteiger partial charge in [-0.2, -0.15) is 0 Å². The van der Waals surface area contributed by atoms with Gasteiger partial charge in [-0.15, -0.1) is 0 Å². The second-order valence-electron chi connectivity index (χ2n) is 7.26. The van der Waals surface area contributed by atoms with Crippen LogP contribution in [0.2, 0.25) is 0 Å². The monoisotopic (exact) mass is 327 g/mol. The normalized spacial score (nSPS) is 31.8. The Balaban J connectivity index is 1.27. The summed E-state index contributed by atoms with van der Waals surface area (Å²) < 4.78 is 0. The van der Waals surface area contributed by atoms with Crippen molar-refractivity contribution in [1.29, 1.82) is 0 Å². The van der Waals surface area contributed by atoms with Crippen molar-refractivity contribution in [3.8, 4) is 0 Å². The van der Waals surface area contributed by atoms with E-state index in [-0.39, 0.29) is 0 Å². The van der Waals surface area contributed by atoms with Gasteiger partial charge in [-0.25, -0.2) is 0 Å². The van der Waals surface area contributed by atoms with Crippen LogP contribution in [-0.4, -0.2) is 74.7 Å². The molecule has 0 spiro atoms. The number of rotatable bonds is 4. The summed E-state index contributed by atoms with van der Waals surface area (Å²) in [4.78, 5) is 9.61. The Hall–Kier alpha value is -1.59. The maximum Gasteiger partial charge on any atom is 0.191 e. The van der Waals surface area contributed by atoms with Crippen LogP contribution in [-0.2, 0) is 6.42 Å². The van der Waals surface area contributed by atoms with Gasteiger partial charge in [-0.05, 0) is 24.0 Å². The molecule has 2 unspecified atom stereocenters. The van der Waals surface area contributed by atoms with Gasteiger partial charge < -0.3 is 10.6 Å². The summed E-state index contributed by atoms with van der Waals surface area (Å²) in [5.41, 5.74) is 3.04. The van der Waals surface area contributed by atoms with E-state index < -0.39 is 0 Å². The molecule has 2 atom stereocenters. The number of hydrogen-bond acceptors (Lipinski definition) is 3. The molecule has 0 saturated carbocycles. The van der Waals surface area contributed by atoms with E-state index in [1.165, 1.54) is 56.7 Å². The topological polar surface area (TPSA) is 42.9 Å². The van der Waals surface area contributed by atoms with Crippen LogP contribution in [0.4, 0.5) is 0 Å². The van der Waals surface area contributed by atoms with Crippen LogP contribution in [0, 0.1) is 0 Å². The van der Waals surface area contributed by atoms with Gasteiger partial charge >= 0.3 is 0 Å². The number of nitrogens with zero attached hydrogens (tertiary/aromatic N) is 3. The van der Waals surface area contributed by atoms with Crippen molar-refractivity contribution >= 4 is 5.96 Å². The van der Waals surface area contributed by atoms with Crippen molar-refractivity contribution in [1.82, 2.24) is 20.4 Å². The number of hydrogen-bond donors (Lipinski definition) is 2. The van der Waals surface area contributed by atoms with Crippen LogP contribution in [0.1, 0.15) is 23.5 Å². The van der Waals surface area contributed by atoms with Crippen molar-refractivity contribution in [2.75, 3.05) is 52.9 Å². The quantitative estimate of drug-likeness (QED) is 0.636. The van der Waals surface area contributed by atoms with Crippen LogP contribution in [0.3, 0.4) is 0 Å². The van der Waals surface area contributed by atoms with E-state index in [0.717, 1.165) is 19.0 Å². The first-order chi connectivity index (χ1) is 11.8. The molecule has 0 amide bonds. The molecule has 4 aliphatic rings. The number of benzene rings is 1. The molecule has 24 heavy (non-hydrogen) atoms. The Morgan fingerprint density at radius 3 is 2.67 bits per heavy atom. The van der Waals surface area contributed by atoms with E-state index >= 15 is 0 Å². The molecule has 3 saturated heterocycles. The molecule has 3 aliphatic heterocycles. The second kappa shape index (κ2) is 7.11. The number of guanidine groups is 1. The van der Waals surface area contributed by atoms with Gasteiger partial charge in [-0.1, -0.05) is 24.3 Å². The van der Waals surface area contributed by atoms with Gasteiger partial charge in [0, 0.05) is 64.8 Å². The molecule has 130 valence electrons. The average Bonchev–Trinajstić information content (AvgIpc) is 3.06. The highest BCUT2D eigenvalue weighted by atomic mass is 15.4. The number of aryl methyl sites for hydroxylation is 1. The Labute approximate surface area is 145 Å². The molecule has 1 aromatic carbocycles. The molecular formula is C19H29N5. The Morgan fingerprint density at radius 1 is 1.12 bits per heavy atom. The van der Waals surface area contributed by atoms with Crippen molar-refractivity contribution < 1.29 is 0 Å². The number of piperazine rings is 3. The van der Waals surface area contributed by atoms with E-state index in [1.807, 2.05) is 7.05 Å². The zero-order valence-corrected chi connectivity index (χ0v) is 14.7. The minimum Gasteiger partial charge on any atom is -0.356 e. The third-order valence-electron chi connectivity index (χ3n) is 5.89. The Morgan fingerprint density at radius 2 is 1.92 bits per heavy atom. The summed E-state index contributed by atoms with van der Waals surface area (Å²) in [5, 5.41) is 7.09. The largest absolute Gasteiger partial charge is 0.356 e. The lowest BCUT2D eigenvalue weighted by Crippen LogP contribution is -2.63. The molecule has 0 radical (unpaired) electrons. The van der Waals surface area contributed by atoms with Crippen molar-refractivity contribution in [2.45, 2.75) is 24.8 Å². The number of aliphatic imine (C=N–C) groups is 1. The van der Waals surface area contributed by atoms with Gasteiger partial charge in [0.2, 0.25) is 0 Å². The summed E-state index contributed by atoms with van der Waals surface area (Å²) in [6.45, 7) is 8.07. The first kappa shape index (κ1) is 15.9. The predicted octanol–water partition coefficient (Wildman–Crippen LogP) is 0.881. The number of nitrogens with one attached hydrogen (secondary N) is 2. The lowest BCUT2D eigenvalue weighted by atomic mass is 10.0. The molecule has 2 N–H and O–H groups in total. The molecule has 2 bridgehead atoms. The van der Waals surface area contributed by atoms with Crippen molar-refractivity contribution in [3.05, 3.63) is 35.4 Å². The maximum atomic E-state index is 4.41. The van der Waals surface area contributed by atoms with Gasteiger partial charge in [0.25, 0.3) is 0 Å². The minimum absolute atomic E-state index is 0.611. The molecule has 1 aliphatic carbocycles. The summed E-state index contributed by atoms with van der Waals surface area (Å²) in [7, 11) is 1.87. The molecule has 3 heterocycles. The van der Waals surface area contributed by atoms with Crippen LogP contribution in [0.15, 0.2) is 29.3 Å². The van der Waals surface area contributed by atoms with Crippen LogP contribution >= 0.6 is 0 Å². The minimum atomic E-state index is 0.611. The number of fused-ring (bicyclic) bond motifs is 4. The van der Waals surface area contributed by atoms with E-state index in [1.54, 1.807) is 0 Å². The molecular weight excluding hydrogens is 298 g/mol. The van der Waals surface area contributed by atoms with Crippen molar-refractivity contribution in [3.63, 3.8) is 0 Å². The van der Waals surface area contributed by atoms with Crippen molar-refractivity contribution in [2.24, 2.45) is 4.99 Å². The molecule has 5 rings (SSSR count). The zero-order chi connectivity index (χ0) is 16.4. The lowest BCUT2D eigenvalue weighted by molar-refractivity contribution is 0.0154. The summed E-state index contributed by atoms with van der Waals surface area (Å²) in [6, 6.07) is 9.48. The smallest absolute Gasteiger partial charge is 0.191 e. The van der Waals surface area contributed by atoms with E-state index in [4.69, 9.17) is 0 Å². The summed E-state index contributed by atoms with van der Waals surface area (Å²) in [5.74, 6) is 1.55. The molecule has 3 fully saturated rings. The molecule has 5 nitrogen and oxygen atoms in total. The Bertz CT molecular complexity index is 591. The van der Waals surface area contributed by atoms with Crippen LogP contribution < -0.4 is 10.6 Å². The van der Waals surface area contributed by atoms with Gasteiger partial charge in [0.1, 0.15) is 0 Å². The highest BCUT2D eigenvalue weighted by Gasteiger charge is 2.31. The highest BCUT2D eigenvalue weighted by Crippen LogP contribution is 2.32. The van der Waals surface area contributed by atoms with Gasteiger partial charge in [0.05, 0.1) is 0 Å². The van der Waals surface area contributed by atoms with Crippen LogP contribution in [0.5, 0.6) is 0 Å². The van der Waals surface area contributed by atoms with Gasteiger partial charge in [0.15, 0.2) is 5.96 Å². The average molecular weight is 327 g/mol. The fourth-order valence-corrected chi connectivity index (χ4v) is 4.43. The summed E-state index contributed by atoms with van der Waals surface area (Å²) in [6.07, 6.45) is 2.45.